The molecule has 2 aromatic carbocycles. The highest BCUT2D eigenvalue weighted by Gasteiger charge is 2.30. The Balaban J connectivity index is 2.40. The molecule has 0 atom stereocenters. The summed E-state index contributed by atoms with van der Waals surface area (Å²) in [6, 6.07) is 10.9. The Morgan fingerprint density at radius 2 is 1.33 bits per heavy atom. The van der Waals surface area contributed by atoms with E-state index in [9.17, 15) is 9.59 Å². The molecule has 0 saturated carbocycles. The van der Waals surface area contributed by atoms with E-state index in [2.05, 4.69) is 15.9 Å². The van der Waals surface area contributed by atoms with Crippen molar-refractivity contribution in [3.8, 4) is 11.1 Å². The van der Waals surface area contributed by atoms with Crippen LogP contribution >= 0.6 is 15.9 Å². The number of ketones is 2. The van der Waals surface area contributed by atoms with Gasteiger partial charge in [-0.2, -0.15) is 0 Å². The Labute approximate surface area is 113 Å². The average Bonchev–Trinajstić information content (AvgIpc) is 2.36. The van der Waals surface area contributed by atoms with Crippen LogP contribution in [0.2, 0.25) is 0 Å². The number of halogens is 1. The van der Waals surface area contributed by atoms with Gasteiger partial charge in [-0.1, -0.05) is 39.7 Å². The molecule has 0 aromatic heterocycles. The molecule has 0 heterocycles. The quantitative estimate of drug-likeness (QED) is 0.694. The lowest BCUT2D eigenvalue weighted by Gasteiger charge is -2.18. The maximum Gasteiger partial charge on any atom is 0.234 e. The fraction of sp³-hybridized carbons (Fsp3) is 0.0667. The molecular weight excluding hydrogens is 292 g/mol. The van der Waals surface area contributed by atoms with Gasteiger partial charge >= 0.3 is 0 Å². The Morgan fingerprint density at radius 3 is 2.00 bits per heavy atom. The lowest BCUT2D eigenvalue weighted by molar-refractivity contribution is 0.0815. The van der Waals surface area contributed by atoms with Crippen molar-refractivity contribution in [2.45, 2.75) is 6.92 Å². The van der Waals surface area contributed by atoms with Crippen LogP contribution in [0.5, 0.6) is 0 Å². The number of carbonyl (C=O) groups excluding carboxylic acids is 2. The van der Waals surface area contributed by atoms with Crippen LogP contribution in [-0.4, -0.2) is 11.6 Å². The molecule has 0 fully saturated rings. The second-order valence-corrected chi connectivity index (χ2v) is 5.31. The molecule has 0 unspecified atom stereocenters. The zero-order chi connectivity index (χ0) is 12.9. The molecule has 1 aliphatic rings. The minimum absolute atomic E-state index is 0.417. The summed E-state index contributed by atoms with van der Waals surface area (Å²) in [5.74, 6) is -0.839. The summed E-state index contributed by atoms with van der Waals surface area (Å²) in [5.41, 5.74) is 3.72. The zero-order valence-electron chi connectivity index (χ0n) is 9.66. The van der Waals surface area contributed by atoms with Crippen molar-refractivity contribution in [3.63, 3.8) is 0 Å². The van der Waals surface area contributed by atoms with Crippen molar-refractivity contribution < 1.29 is 9.59 Å². The number of aryl methyl sites for hydroxylation is 1. The van der Waals surface area contributed by atoms with Crippen molar-refractivity contribution >= 4 is 27.5 Å². The first kappa shape index (κ1) is 11.4. The summed E-state index contributed by atoms with van der Waals surface area (Å²) in [6.07, 6.45) is 0. The van der Waals surface area contributed by atoms with Crippen molar-refractivity contribution in [2.75, 3.05) is 0 Å². The van der Waals surface area contributed by atoms with Crippen LogP contribution in [-0.2, 0) is 0 Å². The Kier molecular flexibility index (Phi) is 2.45. The number of fused-ring (bicyclic) bond motifs is 3. The SMILES string of the molecule is Cc1ccc2c(c1)-c1cc(Br)ccc1C(=O)C2=O. The van der Waals surface area contributed by atoms with Gasteiger partial charge < -0.3 is 0 Å². The molecule has 88 valence electrons. The van der Waals surface area contributed by atoms with E-state index < -0.39 is 11.6 Å². The minimum atomic E-state index is -0.422. The third-order valence-corrected chi connectivity index (χ3v) is 3.64. The molecule has 2 aromatic rings. The average molecular weight is 301 g/mol. The van der Waals surface area contributed by atoms with E-state index in [1.807, 2.05) is 25.1 Å². The summed E-state index contributed by atoms with van der Waals surface area (Å²) < 4.78 is 0.899. The zero-order valence-corrected chi connectivity index (χ0v) is 11.2. The number of rotatable bonds is 0. The van der Waals surface area contributed by atoms with Crippen LogP contribution in [0.15, 0.2) is 40.9 Å². The van der Waals surface area contributed by atoms with Gasteiger partial charge in [0.1, 0.15) is 0 Å². The Hall–Kier alpha value is -1.74. The van der Waals surface area contributed by atoms with Gasteiger partial charge in [0.15, 0.2) is 0 Å². The van der Waals surface area contributed by atoms with Gasteiger partial charge in [-0.05, 0) is 36.2 Å². The second-order valence-electron chi connectivity index (χ2n) is 4.40. The van der Waals surface area contributed by atoms with Crippen LogP contribution in [0.4, 0.5) is 0 Å². The molecule has 0 saturated heterocycles. The summed E-state index contributed by atoms with van der Waals surface area (Å²) in [7, 11) is 0. The van der Waals surface area contributed by atoms with E-state index in [4.69, 9.17) is 0 Å². The molecule has 0 spiro atoms. The minimum Gasteiger partial charge on any atom is -0.285 e. The van der Waals surface area contributed by atoms with E-state index in [1.54, 1.807) is 18.2 Å². The van der Waals surface area contributed by atoms with Crippen molar-refractivity contribution in [1.82, 2.24) is 0 Å². The lowest BCUT2D eigenvalue weighted by Crippen LogP contribution is -2.21. The van der Waals surface area contributed by atoms with Crippen molar-refractivity contribution in [1.29, 1.82) is 0 Å². The molecular formula is C15H9BrO2. The third kappa shape index (κ3) is 1.55. The summed E-state index contributed by atoms with van der Waals surface area (Å²) in [4.78, 5) is 24.0. The monoisotopic (exact) mass is 300 g/mol. The first-order valence-corrected chi connectivity index (χ1v) is 6.37. The van der Waals surface area contributed by atoms with Gasteiger partial charge in [-0.25, -0.2) is 0 Å². The van der Waals surface area contributed by atoms with Gasteiger partial charge in [0.2, 0.25) is 11.6 Å². The van der Waals surface area contributed by atoms with E-state index in [0.717, 1.165) is 21.2 Å². The Morgan fingerprint density at radius 1 is 0.778 bits per heavy atom. The maximum absolute atomic E-state index is 12.0. The van der Waals surface area contributed by atoms with Gasteiger partial charge in [0.05, 0.1) is 0 Å². The van der Waals surface area contributed by atoms with Crippen LogP contribution in [0.1, 0.15) is 26.3 Å². The van der Waals surface area contributed by atoms with Gasteiger partial charge in [0, 0.05) is 15.6 Å². The molecule has 0 amide bonds. The highest BCUT2D eigenvalue weighted by atomic mass is 79.9. The molecule has 3 rings (SSSR count). The molecule has 0 N–H and O–H groups in total. The van der Waals surface area contributed by atoms with Crippen LogP contribution in [0, 0.1) is 6.92 Å². The Bertz CT molecular complexity index is 640. The topological polar surface area (TPSA) is 34.1 Å². The maximum atomic E-state index is 12.0. The molecule has 0 radical (unpaired) electrons. The summed E-state index contributed by atoms with van der Waals surface area (Å²) in [6.45, 7) is 1.97. The largest absolute Gasteiger partial charge is 0.285 e. The van der Waals surface area contributed by atoms with Gasteiger partial charge in [-0.15, -0.1) is 0 Å². The lowest BCUT2D eigenvalue weighted by atomic mass is 9.83. The number of hydrogen-bond acceptors (Lipinski definition) is 2. The molecule has 3 heteroatoms. The van der Waals surface area contributed by atoms with Gasteiger partial charge in [0.25, 0.3) is 0 Å². The number of benzene rings is 2. The second kappa shape index (κ2) is 3.89. The van der Waals surface area contributed by atoms with Gasteiger partial charge in [-0.3, -0.25) is 9.59 Å². The fourth-order valence-electron chi connectivity index (χ4n) is 2.26. The van der Waals surface area contributed by atoms with Crippen molar-refractivity contribution in [2.24, 2.45) is 0 Å². The standard InChI is InChI=1S/C15H9BrO2/c1-8-2-4-10-12(6-8)13-7-9(16)3-5-11(13)15(18)14(10)17/h2-7H,1H3. The highest BCUT2D eigenvalue weighted by Crippen LogP contribution is 2.35. The van der Waals surface area contributed by atoms with E-state index in [-0.39, 0.29) is 0 Å². The summed E-state index contributed by atoms with van der Waals surface area (Å²) in [5, 5.41) is 0. The molecule has 2 nitrogen and oxygen atoms in total. The van der Waals surface area contributed by atoms with Crippen LogP contribution in [0.25, 0.3) is 11.1 Å². The molecule has 1 aliphatic carbocycles. The van der Waals surface area contributed by atoms with Crippen LogP contribution < -0.4 is 0 Å². The number of hydrogen-bond donors (Lipinski definition) is 0. The predicted octanol–water partition coefficient (Wildman–Crippen LogP) is 3.80. The smallest absolute Gasteiger partial charge is 0.234 e. The van der Waals surface area contributed by atoms with Crippen molar-refractivity contribution in [3.05, 3.63) is 57.6 Å². The van der Waals surface area contributed by atoms with E-state index in [0.29, 0.717) is 11.1 Å². The molecule has 0 bridgehead atoms. The highest BCUT2D eigenvalue weighted by molar-refractivity contribution is 9.10. The normalized spacial score (nSPS) is 13.2. The number of Topliss-reactive ketones (excluding diaryl/α,β-unsaturated/α-hetero) is 2. The predicted molar refractivity (Wildman–Crippen MR) is 73.0 cm³/mol. The van der Waals surface area contributed by atoms with Crippen LogP contribution in [0.3, 0.4) is 0 Å². The summed E-state index contributed by atoms with van der Waals surface area (Å²) >= 11 is 3.40. The van der Waals surface area contributed by atoms with E-state index in [1.165, 1.54) is 0 Å². The van der Waals surface area contributed by atoms with E-state index >= 15 is 0 Å². The third-order valence-electron chi connectivity index (χ3n) is 3.14. The molecule has 0 aliphatic heterocycles. The first-order chi connectivity index (χ1) is 8.58. The first-order valence-electron chi connectivity index (χ1n) is 5.57. The fourth-order valence-corrected chi connectivity index (χ4v) is 2.62. The number of carbonyl (C=O) groups is 2. The molecule has 18 heavy (non-hydrogen) atoms.